The summed E-state index contributed by atoms with van der Waals surface area (Å²) in [4.78, 5) is 25.6. The van der Waals surface area contributed by atoms with Crippen LogP contribution in [0.3, 0.4) is 0 Å². The standard InChI is InChI=1S/C23H20ClNO3/c1-2-21(28-18-12-8-11-17(24)15-18)23(27)25-20-14-7-6-13-19(20)22(26)16-9-4-3-5-10-16/h3-15,21H,2H2,1H3,(H,25,27)/t21-/m0/s1. The molecule has 0 saturated heterocycles. The lowest BCUT2D eigenvalue weighted by Crippen LogP contribution is -2.32. The predicted molar refractivity (Wildman–Crippen MR) is 111 cm³/mol. The first-order valence-electron chi connectivity index (χ1n) is 9.00. The van der Waals surface area contributed by atoms with E-state index in [0.29, 0.717) is 34.0 Å². The van der Waals surface area contributed by atoms with Crippen LogP contribution in [0.4, 0.5) is 5.69 Å². The van der Waals surface area contributed by atoms with E-state index in [9.17, 15) is 9.59 Å². The lowest BCUT2D eigenvalue weighted by atomic mass is 10.0. The summed E-state index contributed by atoms with van der Waals surface area (Å²) < 4.78 is 5.78. The number of hydrogen-bond donors (Lipinski definition) is 1. The third-order valence-electron chi connectivity index (χ3n) is 4.20. The van der Waals surface area contributed by atoms with Crippen molar-refractivity contribution < 1.29 is 14.3 Å². The first-order valence-corrected chi connectivity index (χ1v) is 9.38. The van der Waals surface area contributed by atoms with Gasteiger partial charge < -0.3 is 10.1 Å². The fraction of sp³-hybridized carbons (Fsp3) is 0.130. The molecular weight excluding hydrogens is 374 g/mol. The van der Waals surface area contributed by atoms with Gasteiger partial charge >= 0.3 is 0 Å². The molecule has 0 radical (unpaired) electrons. The zero-order chi connectivity index (χ0) is 19.9. The molecule has 3 aromatic carbocycles. The molecule has 142 valence electrons. The molecule has 0 bridgehead atoms. The van der Waals surface area contributed by atoms with E-state index >= 15 is 0 Å². The van der Waals surface area contributed by atoms with E-state index < -0.39 is 6.10 Å². The molecule has 28 heavy (non-hydrogen) atoms. The number of nitrogens with one attached hydrogen (secondary N) is 1. The van der Waals surface area contributed by atoms with Crippen LogP contribution in [0.2, 0.25) is 5.02 Å². The Morgan fingerprint density at radius 1 is 0.964 bits per heavy atom. The highest BCUT2D eigenvalue weighted by atomic mass is 35.5. The first-order chi connectivity index (χ1) is 13.6. The Balaban J connectivity index is 1.79. The largest absolute Gasteiger partial charge is 0.481 e. The van der Waals surface area contributed by atoms with Crippen LogP contribution < -0.4 is 10.1 Å². The molecular formula is C23H20ClNO3. The van der Waals surface area contributed by atoms with Gasteiger partial charge in [-0.15, -0.1) is 0 Å². The summed E-state index contributed by atoms with van der Waals surface area (Å²) >= 11 is 5.98. The second-order valence-corrected chi connectivity index (χ2v) is 6.64. The molecule has 3 rings (SSSR count). The summed E-state index contributed by atoms with van der Waals surface area (Å²) in [6.45, 7) is 1.86. The molecule has 0 aliphatic rings. The minimum atomic E-state index is -0.710. The van der Waals surface area contributed by atoms with Gasteiger partial charge in [0.05, 0.1) is 5.69 Å². The van der Waals surface area contributed by atoms with E-state index in [1.807, 2.05) is 13.0 Å². The van der Waals surface area contributed by atoms with E-state index in [1.54, 1.807) is 72.8 Å². The van der Waals surface area contributed by atoms with Gasteiger partial charge in [0.1, 0.15) is 5.75 Å². The maximum absolute atomic E-state index is 12.8. The van der Waals surface area contributed by atoms with Crippen molar-refractivity contribution in [3.63, 3.8) is 0 Å². The van der Waals surface area contributed by atoms with Gasteiger partial charge in [0.2, 0.25) is 0 Å². The summed E-state index contributed by atoms with van der Waals surface area (Å²) in [7, 11) is 0. The normalized spacial score (nSPS) is 11.5. The van der Waals surface area contributed by atoms with Crippen molar-refractivity contribution in [3.05, 3.63) is 95.0 Å². The number of ether oxygens (including phenoxy) is 1. The summed E-state index contributed by atoms with van der Waals surface area (Å²) in [5.41, 5.74) is 1.44. The molecule has 5 heteroatoms. The summed E-state index contributed by atoms with van der Waals surface area (Å²) in [5, 5.41) is 3.36. The molecule has 1 amide bonds. The molecule has 0 aliphatic heterocycles. The molecule has 0 unspecified atom stereocenters. The highest BCUT2D eigenvalue weighted by Gasteiger charge is 2.21. The Morgan fingerprint density at radius 2 is 1.68 bits per heavy atom. The molecule has 0 saturated carbocycles. The zero-order valence-electron chi connectivity index (χ0n) is 15.4. The second-order valence-electron chi connectivity index (χ2n) is 6.20. The van der Waals surface area contributed by atoms with Crippen LogP contribution in [-0.4, -0.2) is 17.8 Å². The minimum Gasteiger partial charge on any atom is -0.481 e. The molecule has 3 aromatic rings. The van der Waals surface area contributed by atoms with Crippen molar-refractivity contribution >= 4 is 29.0 Å². The Bertz CT molecular complexity index is 972. The van der Waals surface area contributed by atoms with Crippen LogP contribution in [-0.2, 0) is 4.79 Å². The van der Waals surface area contributed by atoms with Gasteiger partial charge in [-0.05, 0) is 36.8 Å². The summed E-state index contributed by atoms with van der Waals surface area (Å²) in [6, 6.07) is 22.8. The lowest BCUT2D eigenvalue weighted by molar-refractivity contribution is -0.122. The SMILES string of the molecule is CC[C@H](Oc1cccc(Cl)c1)C(=O)Nc1ccccc1C(=O)c1ccccc1. The number of benzene rings is 3. The van der Waals surface area contributed by atoms with Gasteiger partial charge in [0.25, 0.3) is 5.91 Å². The molecule has 4 nitrogen and oxygen atoms in total. The van der Waals surface area contributed by atoms with Gasteiger partial charge in [-0.2, -0.15) is 0 Å². The molecule has 1 N–H and O–H groups in total. The summed E-state index contributed by atoms with van der Waals surface area (Å²) in [6.07, 6.45) is -0.244. The van der Waals surface area contributed by atoms with Crippen molar-refractivity contribution in [2.75, 3.05) is 5.32 Å². The quantitative estimate of drug-likeness (QED) is 0.549. The van der Waals surface area contributed by atoms with E-state index in [-0.39, 0.29) is 11.7 Å². The molecule has 0 aliphatic carbocycles. The second kappa shape index (κ2) is 9.20. The average Bonchev–Trinajstić information content (AvgIpc) is 2.72. The van der Waals surface area contributed by atoms with Crippen molar-refractivity contribution in [3.8, 4) is 5.75 Å². The first kappa shape index (κ1) is 19.6. The molecule has 0 aromatic heterocycles. The van der Waals surface area contributed by atoms with E-state index in [1.165, 1.54) is 0 Å². The molecule has 0 heterocycles. The predicted octanol–water partition coefficient (Wildman–Crippen LogP) is 5.37. The minimum absolute atomic E-state index is 0.152. The number of anilines is 1. The van der Waals surface area contributed by atoms with E-state index in [4.69, 9.17) is 16.3 Å². The summed E-state index contributed by atoms with van der Waals surface area (Å²) in [5.74, 6) is 0.0410. The molecule has 1 atom stereocenters. The fourth-order valence-corrected chi connectivity index (χ4v) is 2.96. The van der Waals surface area contributed by atoms with Crippen LogP contribution in [0.25, 0.3) is 0 Å². The highest BCUT2D eigenvalue weighted by Crippen LogP contribution is 2.22. The topological polar surface area (TPSA) is 55.4 Å². The van der Waals surface area contributed by atoms with E-state index in [0.717, 1.165) is 0 Å². The molecule has 0 fully saturated rings. The Kier molecular flexibility index (Phi) is 6.45. The van der Waals surface area contributed by atoms with Gasteiger partial charge in [-0.1, -0.05) is 67.1 Å². The number of ketones is 1. The Labute approximate surface area is 169 Å². The van der Waals surface area contributed by atoms with Crippen LogP contribution in [0.1, 0.15) is 29.3 Å². The average molecular weight is 394 g/mol. The monoisotopic (exact) mass is 393 g/mol. The Morgan fingerprint density at radius 3 is 2.39 bits per heavy atom. The number of amides is 1. The van der Waals surface area contributed by atoms with Gasteiger partial charge in [-0.3, -0.25) is 9.59 Å². The van der Waals surface area contributed by atoms with Gasteiger partial charge in [-0.25, -0.2) is 0 Å². The molecule has 0 spiro atoms. The number of rotatable bonds is 7. The Hall–Kier alpha value is -3.11. The highest BCUT2D eigenvalue weighted by molar-refractivity contribution is 6.30. The number of carbonyl (C=O) groups is 2. The van der Waals surface area contributed by atoms with Crippen molar-refractivity contribution in [1.82, 2.24) is 0 Å². The van der Waals surface area contributed by atoms with Gasteiger partial charge in [0, 0.05) is 16.1 Å². The third kappa shape index (κ3) is 4.78. The van der Waals surface area contributed by atoms with E-state index in [2.05, 4.69) is 5.32 Å². The van der Waals surface area contributed by atoms with Crippen LogP contribution >= 0.6 is 11.6 Å². The van der Waals surface area contributed by atoms with Crippen LogP contribution in [0.15, 0.2) is 78.9 Å². The third-order valence-corrected chi connectivity index (χ3v) is 4.44. The number of para-hydroxylation sites is 1. The number of halogens is 1. The number of carbonyl (C=O) groups excluding carboxylic acids is 2. The van der Waals surface area contributed by atoms with Crippen LogP contribution in [0, 0.1) is 0 Å². The van der Waals surface area contributed by atoms with Crippen molar-refractivity contribution in [2.24, 2.45) is 0 Å². The zero-order valence-corrected chi connectivity index (χ0v) is 16.1. The lowest BCUT2D eigenvalue weighted by Gasteiger charge is -2.18. The van der Waals surface area contributed by atoms with Crippen molar-refractivity contribution in [2.45, 2.75) is 19.4 Å². The smallest absolute Gasteiger partial charge is 0.265 e. The maximum atomic E-state index is 12.8. The van der Waals surface area contributed by atoms with Crippen LogP contribution in [0.5, 0.6) is 5.75 Å². The van der Waals surface area contributed by atoms with Crippen molar-refractivity contribution in [1.29, 1.82) is 0 Å². The number of hydrogen-bond acceptors (Lipinski definition) is 3. The van der Waals surface area contributed by atoms with Gasteiger partial charge in [0.15, 0.2) is 11.9 Å². The maximum Gasteiger partial charge on any atom is 0.265 e. The fourth-order valence-electron chi connectivity index (χ4n) is 2.78.